The van der Waals surface area contributed by atoms with Crippen molar-refractivity contribution in [3.63, 3.8) is 0 Å². The van der Waals surface area contributed by atoms with Crippen molar-refractivity contribution in [1.29, 1.82) is 0 Å². The van der Waals surface area contributed by atoms with Crippen LogP contribution in [0, 0.1) is 0 Å². The fourth-order valence-corrected chi connectivity index (χ4v) is 3.05. The van der Waals surface area contributed by atoms with Crippen LogP contribution in [0.3, 0.4) is 0 Å². The van der Waals surface area contributed by atoms with Crippen molar-refractivity contribution in [3.8, 4) is 5.75 Å². The lowest BCUT2D eigenvalue weighted by Crippen LogP contribution is -2.36. The van der Waals surface area contributed by atoms with Crippen molar-refractivity contribution in [2.45, 2.75) is 26.8 Å². The van der Waals surface area contributed by atoms with Crippen molar-refractivity contribution < 1.29 is 9.15 Å². The van der Waals surface area contributed by atoms with E-state index in [4.69, 9.17) is 21.4 Å². The highest BCUT2D eigenvalue weighted by Gasteiger charge is 2.13. The average Bonchev–Trinajstić information content (AvgIpc) is 3.17. The van der Waals surface area contributed by atoms with E-state index in [0.717, 1.165) is 49.8 Å². The predicted molar refractivity (Wildman–Crippen MR) is 111 cm³/mol. The molecular weight excluding hydrogens is 346 g/mol. The monoisotopic (exact) mass is 375 g/mol. The second-order valence-corrected chi connectivity index (χ2v) is 6.43. The summed E-state index contributed by atoms with van der Waals surface area (Å²) in [5.41, 5.74) is 0.919. The molecule has 1 N–H and O–H groups in total. The molecule has 0 spiro atoms. The number of thiocarbonyl (C=S) groups is 1. The van der Waals surface area contributed by atoms with Gasteiger partial charge >= 0.3 is 0 Å². The van der Waals surface area contributed by atoms with E-state index in [-0.39, 0.29) is 0 Å². The highest BCUT2D eigenvalue weighted by atomic mass is 32.1. The number of furan rings is 1. The zero-order valence-electron chi connectivity index (χ0n) is 15.9. The number of hydrogen-bond donors (Lipinski definition) is 1. The van der Waals surface area contributed by atoms with Gasteiger partial charge in [-0.05, 0) is 62.5 Å². The molecule has 0 unspecified atom stereocenters. The van der Waals surface area contributed by atoms with Crippen molar-refractivity contribution in [2.75, 3.05) is 38.6 Å². The molecule has 2 rings (SSSR count). The van der Waals surface area contributed by atoms with Crippen molar-refractivity contribution in [2.24, 2.45) is 0 Å². The average molecular weight is 376 g/mol. The molecule has 0 saturated carbocycles. The number of hydrogen-bond acceptors (Lipinski definition) is 4. The molecular formula is C20H29N3O2S. The highest BCUT2D eigenvalue weighted by molar-refractivity contribution is 7.80. The summed E-state index contributed by atoms with van der Waals surface area (Å²) in [6.45, 7) is 9.11. The first-order chi connectivity index (χ1) is 12.7. The van der Waals surface area contributed by atoms with Crippen LogP contribution in [0.5, 0.6) is 5.75 Å². The van der Waals surface area contributed by atoms with Crippen molar-refractivity contribution >= 4 is 23.0 Å². The van der Waals surface area contributed by atoms with Crippen LogP contribution in [-0.2, 0) is 6.54 Å². The van der Waals surface area contributed by atoms with Crippen LogP contribution in [0.4, 0.5) is 5.69 Å². The fourth-order valence-electron chi connectivity index (χ4n) is 2.77. The lowest BCUT2D eigenvalue weighted by molar-refractivity contribution is 0.276. The molecule has 0 radical (unpaired) electrons. The lowest BCUT2D eigenvalue weighted by atomic mass is 10.3. The van der Waals surface area contributed by atoms with Gasteiger partial charge in [0.15, 0.2) is 5.11 Å². The van der Waals surface area contributed by atoms with Gasteiger partial charge in [-0.1, -0.05) is 19.9 Å². The molecule has 142 valence electrons. The Kier molecular flexibility index (Phi) is 8.44. The minimum absolute atomic E-state index is 0.654. The van der Waals surface area contributed by atoms with Gasteiger partial charge in [-0.15, -0.1) is 0 Å². The molecule has 1 heterocycles. The molecule has 0 fully saturated rings. The Morgan fingerprint density at radius 3 is 2.62 bits per heavy atom. The van der Waals surface area contributed by atoms with Gasteiger partial charge in [-0.25, -0.2) is 0 Å². The summed E-state index contributed by atoms with van der Waals surface area (Å²) >= 11 is 5.66. The van der Waals surface area contributed by atoms with Crippen LogP contribution < -0.4 is 10.1 Å². The lowest BCUT2D eigenvalue weighted by Gasteiger charge is -2.26. The number of benzene rings is 1. The van der Waals surface area contributed by atoms with E-state index in [1.807, 2.05) is 36.4 Å². The minimum Gasteiger partial charge on any atom is -0.497 e. The van der Waals surface area contributed by atoms with E-state index in [9.17, 15) is 0 Å². The third-order valence-electron chi connectivity index (χ3n) is 4.33. The van der Waals surface area contributed by atoms with Gasteiger partial charge in [0.1, 0.15) is 11.5 Å². The number of nitrogens with zero attached hydrogens (tertiary/aromatic N) is 2. The molecule has 0 aliphatic carbocycles. The molecule has 6 heteroatoms. The largest absolute Gasteiger partial charge is 0.497 e. The Bertz CT molecular complexity index is 657. The molecule has 1 aromatic heterocycles. The van der Waals surface area contributed by atoms with Gasteiger partial charge in [-0.3, -0.25) is 0 Å². The van der Waals surface area contributed by atoms with E-state index in [2.05, 4.69) is 29.0 Å². The van der Waals surface area contributed by atoms with Crippen LogP contribution in [-0.4, -0.2) is 48.2 Å². The number of methoxy groups -OCH3 is 1. The number of rotatable bonds is 10. The fraction of sp³-hybridized carbons (Fsp3) is 0.450. The molecule has 5 nitrogen and oxygen atoms in total. The molecule has 2 aromatic rings. The topological polar surface area (TPSA) is 40.9 Å². The zero-order valence-corrected chi connectivity index (χ0v) is 16.7. The summed E-state index contributed by atoms with van der Waals surface area (Å²) in [5, 5.41) is 4.01. The quantitative estimate of drug-likeness (QED) is 0.627. The van der Waals surface area contributed by atoms with Crippen molar-refractivity contribution in [3.05, 3.63) is 48.4 Å². The Balaban J connectivity index is 2.00. The maximum Gasteiger partial charge on any atom is 0.173 e. The minimum atomic E-state index is 0.654. The summed E-state index contributed by atoms with van der Waals surface area (Å²) < 4.78 is 10.8. The summed E-state index contributed by atoms with van der Waals surface area (Å²) in [5.74, 6) is 1.71. The first-order valence-corrected chi connectivity index (χ1v) is 9.51. The molecule has 26 heavy (non-hydrogen) atoms. The Morgan fingerprint density at radius 1 is 1.15 bits per heavy atom. The van der Waals surface area contributed by atoms with Gasteiger partial charge < -0.3 is 24.3 Å². The standard InChI is InChI=1S/C20H29N3O2S/c1-4-22(5-2)12-8-13-23(16-19-11-7-14-25-19)20(26)21-17-9-6-10-18(15-17)24-3/h6-7,9-11,14-15H,4-5,8,12-13,16H2,1-3H3,(H,21,26). The van der Waals surface area contributed by atoms with Crippen LogP contribution in [0.2, 0.25) is 0 Å². The molecule has 0 saturated heterocycles. The van der Waals surface area contributed by atoms with E-state index in [1.54, 1.807) is 13.4 Å². The van der Waals surface area contributed by atoms with Crippen LogP contribution in [0.15, 0.2) is 47.1 Å². The summed E-state index contributed by atoms with van der Waals surface area (Å²) in [6.07, 6.45) is 2.74. The maximum atomic E-state index is 5.66. The van der Waals surface area contributed by atoms with Gasteiger partial charge in [0, 0.05) is 18.3 Å². The first kappa shape index (κ1) is 20.3. The smallest absolute Gasteiger partial charge is 0.173 e. The summed E-state index contributed by atoms with van der Waals surface area (Å²) in [4.78, 5) is 4.57. The number of anilines is 1. The molecule has 0 atom stereocenters. The highest BCUT2D eigenvalue weighted by Crippen LogP contribution is 2.18. The normalized spacial score (nSPS) is 10.8. The number of nitrogens with one attached hydrogen (secondary N) is 1. The van der Waals surface area contributed by atoms with E-state index in [0.29, 0.717) is 11.7 Å². The van der Waals surface area contributed by atoms with E-state index < -0.39 is 0 Å². The summed E-state index contributed by atoms with van der Waals surface area (Å²) in [7, 11) is 1.66. The molecule has 1 aromatic carbocycles. The van der Waals surface area contributed by atoms with Crippen LogP contribution >= 0.6 is 12.2 Å². The summed E-state index contributed by atoms with van der Waals surface area (Å²) in [6, 6.07) is 11.7. The number of ether oxygens (including phenoxy) is 1. The predicted octanol–water partition coefficient (Wildman–Crippen LogP) is 4.22. The molecule has 0 aliphatic rings. The molecule has 0 amide bonds. The van der Waals surface area contributed by atoms with Gasteiger partial charge in [0.25, 0.3) is 0 Å². The van der Waals surface area contributed by atoms with Gasteiger partial charge in [0.05, 0.1) is 19.9 Å². The van der Waals surface area contributed by atoms with Crippen LogP contribution in [0.1, 0.15) is 26.0 Å². The van der Waals surface area contributed by atoms with E-state index in [1.165, 1.54) is 0 Å². The zero-order chi connectivity index (χ0) is 18.8. The first-order valence-electron chi connectivity index (χ1n) is 9.11. The molecule has 0 aliphatic heterocycles. The SMILES string of the molecule is CCN(CC)CCCN(Cc1ccco1)C(=S)Nc1cccc(OC)c1. The second-order valence-electron chi connectivity index (χ2n) is 6.04. The Hall–Kier alpha value is -2.05. The molecule has 0 bridgehead atoms. The second kappa shape index (κ2) is 10.8. The van der Waals surface area contributed by atoms with Gasteiger partial charge in [-0.2, -0.15) is 0 Å². The van der Waals surface area contributed by atoms with Crippen LogP contribution in [0.25, 0.3) is 0 Å². The van der Waals surface area contributed by atoms with Gasteiger partial charge in [0.2, 0.25) is 0 Å². The van der Waals surface area contributed by atoms with E-state index >= 15 is 0 Å². The Morgan fingerprint density at radius 2 is 1.96 bits per heavy atom. The third kappa shape index (κ3) is 6.35. The van der Waals surface area contributed by atoms with Crippen molar-refractivity contribution in [1.82, 2.24) is 9.80 Å². The Labute approximate surface area is 161 Å². The third-order valence-corrected chi connectivity index (χ3v) is 4.69. The maximum absolute atomic E-state index is 5.66.